The van der Waals surface area contributed by atoms with Crippen LogP contribution in [0.3, 0.4) is 0 Å². The second-order valence-electron chi connectivity index (χ2n) is 5.45. The minimum absolute atomic E-state index is 0.0608. The van der Waals surface area contributed by atoms with Crippen LogP contribution >= 0.6 is 0 Å². The van der Waals surface area contributed by atoms with Crippen LogP contribution in [0.4, 0.5) is 11.4 Å². The number of rotatable bonds is 5. The summed E-state index contributed by atoms with van der Waals surface area (Å²) in [5, 5.41) is 13.4. The van der Waals surface area contributed by atoms with Crippen molar-refractivity contribution >= 4 is 17.3 Å². The van der Waals surface area contributed by atoms with E-state index >= 15 is 0 Å². The van der Waals surface area contributed by atoms with Gasteiger partial charge in [0.2, 0.25) is 0 Å². The van der Waals surface area contributed by atoms with Gasteiger partial charge < -0.3 is 10.3 Å². The molecule has 0 saturated heterocycles. The molecule has 0 aliphatic carbocycles. The molecule has 27 heavy (non-hydrogen) atoms. The highest BCUT2D eigenvalue weighted by Crippen LogP contribution is 2.23. The number of nitro groups is 1. The van der Waals surface area contributed by atoms with E-state index in [1.807, 2.05) is 0 Å². The fraction of sp³-hybridized carbons (Fsp3) is 0.0588. The molecule has 1 amide bonds. The summed E-state index contributed by atoms with van der Waals surface area (Å²) in [6.07, 6.45) is 2.49. The molecular weight excluding hydrogens is 354 g/mol. The molecule has 3 rings (SSSR count). The number of aromatic nitrogens is 3. The fourth-order valence-corrected chi connectivity index (χ4v) is 2.40. The van der Waals surface area contributed by atoms with Crippen LogP contribution in [0, 0.1) is 10.1 Å². The molecule has 0 aliphatic heterocycles. The predicted octanol–water partition coefficient (Wildman–Crippen LogP) is 1.14. The first-order chi connectivity index (χ1) is 13.0. The fourth-order valence-electron chi connectivity index (χ4n) is 2.40. The van der Waals surface area contributed by atoms with E-state index in [0.717, 1.165) is 10.8 Å². The van der Waals surface area contributed by atoms with Crippen molar-refractivity contribution in [3.63, 3.8) is 0 Å². The number of benzene rings is 1. The van der Waals surface area contributed by atoms with Crippen LogP contribution in [0.1, 0.15) is 16.1 Å². The summed E-state index contributed by atoms with van der Waals surface area (Å²) in [7, 11) is 0. The van der Waals surface area contributed by atoms with Crippen molar-refractivity contribution in [3.05, 3.63) is 97.1 Å². The van der Waals surface area contributed by atoms with Gasteiger partial charge in [0.15, 0.2) is 0 Å². The largest absolute Gasteiger partial charge is 0.328 e. The van der Waals surface area contributed by atoms with E-state index in [-0.39, 0.29) is 23.5 Å². The summed E-state index contributed by atoms with van der Waals surface area (Å²) in [6, 6.07) is 10.5. The van der Waals surface area contributed by atoms with E-state index in [0.29, 0.717) is 5.69 Å². The van der Waals surface area contributed by atoms with Crippen molar-refractivity contribution < 1.29 is 9.72 Å². The first-order valence-corrected chi connectivity index (χ1v) is 7.74. The number of amides is 1. The number of H-pyrrole nitrogens is 1. The van der Waals surface area contributed by atoms with Gasteiger partial charge in [-0.1, -0.05) is 18.2 Å². The molecule has 0 aliphatic rings. The van der Waals surface area contributed by atoms with Crippen LogP contribution in [0.25, 0.3) is 0 Å². The van der Waals surface area contributed by atoms with Crippen LogP contribution < -0.4 is 16.6 Å². The minimum atomic E-state index is -0.875. The Morgan fingerprint density at radius 3 is 2.63 bits per heavy atom. The Balaban J connectivity index is 1.95. The van der Waals surface area contributed by atoms with Gasteiger partial charge >= 0.3 is 5.69 Å². The van der Waals surface area contributed by atoms with E-state index in [1.54, 1.807) is 18.2 Å². The quantitative estimate of drug-likeness (QED) is 0.512. The molecule has 3 aromatic rings. The molecule has 2 N–H and O–H groups in total. The highest BCUT2D eigenvalue weighted by atomic mass is 16.6. The molecule has 0 saturated carbocycles. The molecule has 136 valence electrons. The van der Waals surface area contributed by atoms with E-state index in [9.17, 15) is 24.5 Å². The monoisotopic (exact) mass is 367 g/mol. The van der Waals surface area contributed by atoms with E-state index in [2.05, 4.69) is 15.3 Å². The zero-order valence-corrected chi connectivity index (χ0v) is 13.8. The molecule has 10 heteroatoms. The molecule has 0 unspecified atom stereocenters. The molecule has 2 aromatic heterocycles. The van der Waals surface area contributed by atoms with Crippen LogP contribution in [0.2, 0.25) is 0 Å². The molecule has 2 heterocycles. The Hall–Kier alpha value is -4.08. The Morgan fingerprint density at radius 2 is 1.93 bits per heavy atom. The van der Waals surface area contributed by atoms with Gasteiger partial charge in [-0.05, 0) is 18.2 Å². The molecule has 10 nitrogen and oxygen atoms in total. The molecule has 0 radical (unpaired) electrons. The van der Waals surface area contributed by atoms with Crippen LogP contribution in [0.15, 0.2) is 64.4 Å². The number of hydrogen-bond acceptors (Lipinski definition) is 6. The van der Waals surface area contributed by atoms with E-state index < -0.39 is 22.1 Å². The molecule has 0 atom stereocenters. The lowest BCUT2D eigenvalue weighted by atomic mass is 10.2. The Kier molecular flexibility index (Phi) is 4.88. The van der Waals surface area contributed by atoms with Gasteiger partial charge in [0, 0.05) is 18.5 Å². The predicted molar refractivity (Wildman–Crippen MR) is 95.7 cm³/mol. The molecule has 0 spiro atoms. The summed E-state index contributed by atoms with van der Waals surface area (Å²) in [4.78, 5) is 53.7. The number of carbonyl (C=O) groups excluding carboxylic acids is 1. The molecule has 0 bridgehead atoms. The zero-order chi connectivity index (χ0) is 19.4. The van der Waals surface area contributed by atoms with E-state index in [4.69, 9.17) is 0 Å². The summed E-state index contributed by atoms with van der Waals surface area (Å²) in [5.41, 5.74) is -1.81. The summed E-state index contributed by atoms with van der Waals surface area (Å²) >= 11 is 0. The normalized spacial score (nSPS) is 10.4. The van der Waals surface area contributed by atoms with Crippen molar-refractivity contribution in [2.75, 3.05) is 5.32 Å². The smallest absolute Gasteiger partial charge is 0.316 e. The lowest BCUT2D eigenvalue weighted by Gasteiger charge is -2.08. The molecule has 1 aromatic carbocycles. The number of nitro benzene ring substituents is 1. The Morgan fingerprint density at radius 1 is 1.19 bits per heavy atom. The van der Waals surface area contributed by atoms with Gasteiger partial charge in [-0.25, -0.2) is 4.79 Å². The molecule has 0 fully saturated rings. The number of para-hydroxylation sites is 2. The number of nitrogens with one attached hydrogen (secondary N) is 2. The third-order valence-electron chi connectivity index (χ3n) is 3.70. The first-order valence-electron chi connectivity index (χ1n) is 7.74. The van der Waals surface area contributed by atoms with Gasteiger partial charge in [0.25, 0.3) is 17.2 Å². The average Bonchev–Trinajstić information content (AvgIpc) is 2.66. The number of pyridine rings is 1. The summed E-state index contributed by atoms with van der Waals surface area (Å²) in [6.45, 7) is -0.123. The lowest BCUT2D eigenvalue weighted by molar-refractivity contribution is -0.383. The van der Waals surface area contributed by atoms with Crippen molar-refractivity contribution in [1.29, 1.82) is 0 Å². The van der Waals surface area contributed by atoms with Crippen molar-refractivity contribution in [2.45, 2.75) is 6.54 Å². The maximum absolute atomic E-state index is 12.6. The summed E-state index contributed by atoms with van der Waals surface area (Å²) in [5.74, 6) is -0.875. The van der Waals surface area contributed by atoms with E-state index in [1.165, 1.54) is 30.5 Å². The maximum atomic E-state index is 12.6. The maximum Gasteiger partial charge on any atom is 0.328 e. The number of anilines is 1. The number of hydrogen-bond donors (Lipinski definition) is 2. The highest BCUT2D eigenvalue weighted by Gasteiger charge is 2.19. The van der Waals surface area contributed by atoms with Crippen LogP contribution in [-0.2, 0) is 6.54 Å². The minimum Gasteiger partial charge on any atom is -0.316 e. The number of aromatic amines is 1. The Bertz CT molecular complexity index is 1120. The summed E-state index contributed by atoms with van der Waals surface area (Å²) < 4.78 is 0.830. The Labute approximate surface area is 151 Å². The van der Waals surface area contributed by atoms with Crippen LogP contribution in [0.5, 0.6) is 0 Å². The van der Waals surface area contributed by atoms with Gasteiger partial charge in [0.05, 0.1) is 17.2 Å². The second kappa shape index (κ2) is 7.44. The number of carbonyl (C=O) groups is 1. The third-order valence-corrected chi connectivity index (χ3v) is 3.70. The zero-order valence-electron chi connectivity index (χ0n) is 13.8. The standard InChI is InChI=1S/C17H13N5O5/c23-15(20-13-6-1-2-7-14(13)22(26)27)12-9-19-17(25)21(16(12)24)10-11-5-3-4-8-18-11/h1-9H,10H2,(H,19,25)(H,20,23). The highest BCUT2D eigenvalue weighted by molar-refractivity contribution is 6.04. The van der Waals surface area contributed by atoms with Crippen molar-refractivity contribution in [3.8, 4) is 0 Å². The van der Waals surface area contributed by atoms with Gasteiger partial charge in [-0.15, -0.1) is 0 Å². The topological polar surface area (TPSA) is 140 Å². The number of nitrogens with zero attached hydrogens (tertiary/aromatic N) is 3. The SMILES string of the molecule is O=C(Nc1ccccc1[N+](=O)[O-])c1c[nH]c(=O)n(Cc2ccccn2)c1=O. The van der Waals surface area contributed by atoms with Crippen molar-refractivity contribution in [1.82, 2.24) is 14.5 Å². The second-order valence-corrected chi connectivity index (χ2v) is 5.45. The average molecular weight is 367 g/mol. The third kappa shape index (κ3) is 3.79. The van der Waals surface area contributed by atoms with Crippen molar-refractivity contribution in [2.24, 2.45) is 0 Å². The first kappa shape index (κ1) is 17.7. The van der Waals surface area contributed by atoms with Gasteiger partial charge in [0.1, 0.15) is 11.3 Å². The molecular formula is C17H13N5O5. The van der Waals surface area contributed by atoms with Gasteiger partial charge in [-0.2, -0.15) is 0 Å². The van der Waals surface area contributed by atoms with Crippen LogP contribution in [-0.4, -0.2) is 25.4 Å². The lowest BCUT2D eigenvalue weighted by Crippen LogP contribution is -2.39. The van der Waals surface area contributed by atoms with Gasteiger partial charge in [-0.3, -0.25) is 29.3 Å².